The van der Waals surface area contributed by atoms with Crippen LogP contribution >= 0.6 is 22.3 Å². The van der Waals surface area contributed by atoms with Crippen LogP contribution in [0.15, 0.2) is 48.6 Å². The summed E-state index contributed by atoms with van der Waals surface area (Å²) in [5.74, 6) is 7.56. The molecule has 1 N–H and O–H groups in total. The summed E-state index contributed by atoms with van der Waals surface area (Å²) < 4.78 is 21.3. The Hall–Kier alpha value is -2.40. The lowest BCUT2D eigenvalue weighted by Gasteiger charge is -2.49. The van der Waals surface area contributed by atoms with E-state index in [1.807, 2.05) is 31.4 Å². The van der Waals surface area contributed by atoms with E-state index in [4.69, 9.17) is 25.8 Å². The molecule has 6 aliphatic rings. The second kappa shape index (κ2) is 16.4. The fourth-order valence-electron chi connectivity index (χ4n) is 9.28. The first-order valence-electron chi connectivity index (χ1n) is 19.8. The fourth-order valence-corrected chi connectivity index (χ4v) is 10.9. The van der Waals surface area contributed by atoms with Gasteiger partial charge in [-0.05, 0) is 111 Å². The molecule has 4 aliphatic heterocycles. The molecular weight excluding hydrogens is 704 g/mol. The first-order valence-corrected chi connectivity index (χ1v) is 21.8. The minimum atomic E-state index is -0.487. The summed E-state index contributed by atoms with van der Waals surface area (Å²) in [7, 11) is 3.56. The molecule has 1 spiro atoms. The molecule has 4 unspecified atom stereocenters. The number of carbonyl (C=O) groups excluding carboxylic acids is 1. The van der Waals surface area contributed by atoms with Crippen molar-refractivity contribution in [3.05, 3.63) is 70.3 Å². The molecule has 1 saturated carbocycles. The third-order valence-electron chi connectivity index (χ3n) is 13.4. The Bertz CT molecular complexity index is 1680. The average Bonchev–Trinajstić information content (AvgIpc) is 3.25. The number of fused-ring (bicyclic) bond motifs is 4. The topological polar surface area (TPSA) is 66.5 Å². The fraction of sp³-hybridized carbons (Fsp3) is 0.628. The Balaban J connectivity index is 0.000000336. The van der Waals surface area contributed by atoms with E-state index in [0.717, 1.165) is 80.2 Å². The molecule has 10 heteroatoms. The number of aryl methyl sites for hydroxylation is 1. The molecule has 2 saturated heterocycles. The van der Waals surface area contributed by atoms with Gasteiger partial charge >= 0.3 is 0 Å². The number of piperazine rings is 1. The van der Waals surface area contributed by atoms with Crippen molar-refractivity contribution >= 4 is 39.7 Å². The molecule has 3 fully saturated rings. The summed E-state index contributed by atoms with van der Waals surface area (Å²) in [6.45, 7) is 15.9. The van der Waals surface area contributed by atoms with Gasteiger partial charge < -0.3 is 28.7 Å². The smallest absolute Gasteiger partial charge is 0.260 e. The van der Waals surface area contributed by atoms with Crippen molar-refractivity contribution in [1.29, 1.82) is 0 Å². The van der Waals surface area contributed by atoms with Crippen molar-refractivity contribution in [2.45, 2.75) is 69.9 Å². The van der Waals surface area contributed by atoms with E-state index in [1.54, 1.807) is 0 Å². The van der Waals surface area contributed by atoms with E-state index in [-0.39, 0.29) is 16.9 Å². The largest absolute Gasteiger partial charge is 0.490 e. The number of ether oxygens (including phenoxy) is 3. The SMILES string of the molecule is C=S1CC(C)[C@@H](C)/C=C/[C@](C)(OC)C2CCC2CN2C[C@@]3(CCCc4cc(Cl)ccc43)COc3ccc(cc32)C(=O)N1.CN1CCN(C2COC2)CC1. The molecule has 7 atom stereocenters. The summed E-state index contributed by atoms with van der Waals surface area (Å²) in [5, 5.41) is 0.793. The molecule has 53 heavy (non-hydrogen) atoms. The van der Waals surface area contributed by atoms with Crippen molar-refractivity contribution < 1.29 is 19.0 Å². The van der Waals surface area contributed by atoms with E-state index in [2.05, 4.69) is 77.4 Å². The number of hydrogen-bond donors (Lipinski definition) is 1. The van der Waals surface area contributed by atoms with E-state index in [0.29, 0.717) is 35.8 Å². The Morgan fingerprint density at radius 1 is 1.08 bits per heavy atom. The standard InChI is InChI=1S/C35H45ClN2O3S.C8H16N2O/c1-23-14-16-34(3,40-4)29-11-8-27(29)19-38-21-35(15-6-7-25-17-28(36)10-12-30(25)35)22-41-32-13-9-26(18-31(32)38)33(39)37-42(5)20-24(23)2;1-9-2-4-10(5-3-9)8-6-11-7-8/h9-10,12-14,16-18,23-24,27,29H,5-8,11,15,19-22H2,1-4H3,(H,37,39);8H,2-7H2,1H3/b16-14+;/t23-,24?,27?,29?,34-,35-,42?;/m0./s1. The van der Waals surface area contributed by atoms with E-state index < -0.39 is 10.7 Å². The lowest BCUT2D eigenvalue weighted by Crippen LogP contribution is -2.55. The van der Waals surface area contributed by atoms with Gasteiger partial charge in [0.2, 0.25) is 0 Å². The van der Waals surface area contributed by atoms with Crippen LogP contribution < -0.4 is 14.4 Å². The monoisotopic (exact) mass is 764 g/mol. The van der Waals surface area contributed by atoms with Crippen molar-refractivity contribution in [2.24, 2.45) is 23.7 Å². The van der Waals surface area contributed by atoms with Crippen LogP contribution in [0.25, 0.3) is 0 Å². The Labute approximate surface area is 325 Å². The maximum atomic E-state index is 13.5. The van der Waals surface area contributed by atoms with Gasteiger partial charge in [-0.25, -0.2) is 0 Å². The third kappa shape index (κ3) is 8.41. The van der Waals surface area contributed by atoms with Gasteiger partial charge in [-0.1, -0.05) is 49.5 Å². The number of anilines is 1. The molecule has 2 aromatic rings. The molecule has 290 valence electrons. The average molecular weight is 766 g/mol. The second-order valence-electron chi connectivity index (χ2n) is 16.9. The number of amides is 1. The van der Waals surface area contributed by atoms with Gasteiger partial charge in [-0.3, -0.25) is 9.69 Å². The number of rotatable bonds is 2. The molecule has 4 heterocycles. The number of likely N-dealkylation sites (N-methyl/N-ethyl adjacent to an activating group) is 1. The number of halogens is 1. The van der Waals surface area contributed by atoms with Gasteiger partial charge in [-0.2, -0.15) is 0 Å². The zero-order valence-corrected chi connectivity index (χ0v) is 34.2. The van der Waals surface area contributed by atoms with E-state index in [9.17, 15) is 4.79 Å². The van der Waals surface area contributed by atoms with Crippen molar-refractivity contribution in [2.75, 3.05) is 83.9 Å². The summed E-state index contributed by atoms with van der Waals surface area (Å²) in [6, 6.07) is 13.1. The Morgan fingerprint density at radius 3 is 2.57 bits per heavy atom. The number of nitrogens with zero attached hydrogens (tertiary/aromatic N) is 3. The van der Waals surface area contributed by atoms with Crippen LogP contribution in [-0.4, -0.2) is 112 Å². The minimum Gasteiger partial charge on any atom is -0.490 e. The summed E-state index contributed by atoms with van der Waals surface area (Å²) in [4.78, 5) is 20.9. The third-order valence-corrected chi connectivity index (χ3v) is 15.0. The van der Waals surface area contributed by atoms with Gasteiger partial charge in [0, 0.05) is 68.1 Å². The summed E-state index contributed by atoms with van der Waals surface area (Å²) >= 11 is 6.45. The lowest BCUT2D eigenvalue weighted by atomic mass is 9.64. The number of allylic oxidation sites excluding steroid dienone is 1. The zero-order chi connectivity index (χ0) is 37.3. The van der Waals surface area contributed by atoms with Crippen molar-refractivity contribution in [3.63, 3.8) is 0 Å². The lowest BCUT2D eigenvalue weighted by molar-refractivity contribution is -0.0752. The normalized spacial score (nSPS) is 34.5. The number of nitrogens with one attached hydrogen (secondary N) is 1. The predicted molar refractivity (Wildman–Crippen MR) is 220 cm³/mol. The van der Waals surface area contributed by atoms with Crippen molar-refractivity contribution in [1.82, 2.24) is 14.5 Å². The van der Waals surface area contributed by atoms with E-state index >= 15 is 0 Å². The van der Waals surface area contributed by atoms with E-state index in [1.165, 1.54) is 43.7 Å². The molecule has 8 rings (SSSR count). The second-order valence-corrected chi connectivity index (χ2v) is 18.9. The maximum Gasteiger partial charge on any atom is 0.260 e. The van der Waals surface area contributed by atoms with Gasteiger partial charge in [0.25, 0.3) is 5.91 Å². The highest BCUT2D eigenvalue weighted by Gasteiger charge is 2.47. The quantitative estimate of drug-likeness (QED) is 0.260. The zero-order valence-electron chi connectivity index (χ0n) is 32.6. The van der Waals surface area contributed by atoms with Crippen LogP contribution in [0.1, 0.15) is 67.9 Å². The van der Waals surface area contributed by atoms with Gasteiger partial charge in [0.05, 0.1) is 37.2 Å². The molecular formula is C43H61ClN4O4S. The molecule has 0 aromatic heterocycles. The number of methoxy groups -OCH3 is 1. The molecule has 1 amide bonds. The molecule has 2 aromatic carbocycles. The maximum absolute atomic E-state index is 13.5. The number of carbonyl (C=O) groups is 1. The van der Waals surface area contributed by atoms with Crippen molar-refractivity contribution in [3.8, 4) is 5.75 Å². The number of hydrogen-bond acceptors (Lipinski definition) is 7. The van der Waals surface area contributed by atoms with Crippen LogP contribution in [0, 0.1) is 23.7 Å². The summed E-state index contributed by atoms with van der Waals surface area (Å²) in [5.41, 5.74) is 3.90. The highest BCUT2D eigenvalue weighted by molar-refractivity contribution is 8.12. The molecule has 2 bridgehead atoms. The highest BCUT2D eigenvalue weighted by atomic mass is 35.5. The van der Waals surface area contributed by atoms with Crippen LogP contribution in [0.3, 0.4) is 0 Å². The van der Waals surface area contributed by atoms with Crippen LogP contribution in [0.5, 0.6) is 5.75 Å². The van der Waals surface area contributed by atoms with Crippen LogP contribution in [0.4, 0.5) is 5.69 Å². The predicted octanol–water partition coefficient (Wildman–Crippen LogP) is 7.06. The molecule has 2 aliphatic carbocycles. The number of benzene rings is 2. The first-order chi connectivity index (χ1) is 25.5. The van der Waals surface area contributed by atoms with Crippen LogP contribution in [0.2, 0.25) is 5.02 Å². The van der Waals surface area contributed by atoms with Gasteiger partial charge in [-0.15, -0.1) is 10.7 Å². The van der Waals surface area contributed by atoms with Gasteiger partial charge in [0.15, 0.2) is 0 Å². The van der Waals surface area contributed by atoms with Gasteiger partial charge in [0.1, 0.15) is 5.75 Å². The minimum absolute atomic E-state index is 0.0661. The first kappa shape index (κ1) is 38.9. The Morgan fingerprint density at radius 2 is 1.87 bits per heavy atom. The Kier molecular flexibility index (Phi) is 12.0. The van der Waals surface area contributed by atoms with Crippen LogP contribution in [-0.2, 0) is 21.3 Å². The highest BCUT2D eigenvalue weighted by Crippen LogP contribution is 2.49. The molecule has 0 radical (unpaired) electrons. The molecule has 8 nitrogen and oxygen atoms in total. The summed E-state index contributed by atoms with van der Waals surface area (Å²) in [6.07, 6.45) is 10.2.